The summed E-state index contributed by atoms with van der Waals surface area (Å²) in [7, 11) is 0. The SMILES string of the molecule is CCC(C)(C)C.CCC(C)(CC)CC. The van der Waals surface area contributed by atoms with E-state index in [-0.39, 0.29) is 0 Å². The van der Waals surface area contributed by atoms with Crippen LogP contribution in [0.5, 0.6) is 0 Å². The highest BCUT2D eigenvalue weighted by Crippen LogP contribution is 2.28. The highest BCUT2D eigenvalue weighted by atomic mass is 14.2. The quantitative estimate of drug-likeness (QED) is 0.551. The van der Waals surface area contributed by atoms with Crippen LogP contribution in [0.4, 0.5) is 0 Å². The van der Waals surface area contributed by atoms with E-state index in [1.165, 1.54) is 25.7 Å². The third kappa shape index (κ3) is 10.1. The van der Waals surface area contributed by atoms with E-state index in [1.54, 1.807) is 0 Å². The van der Waals surface area contributed by atoms with Gasteiger partial charge in [-0.25, -0.2) is 0 Å². The fourth-order valence-electron chi connectivity index (χ4n) is 0.750. The lowest BCUT2D eigenvalue weighted by Crippen LogP contribution is -2.10. The lowest BCUT2D eigenvalue weighted by Gasteiger charge is -2.23. The molecule has 0 heterocycles. The van der Waals surface area contributed by atoms with Crippen LogP contribution in [0.2, 0.25) is 0 Å². The van der Waals surface area contributed by atoms with Crippen molar-refractivity contribution in [3.8, 4) is 0 Å². The van der Waals surface area contributed by atoms with E-state index in [1.807, 2.05) is 0 Å². The van der Waals surface area contributed by atoms with Crippen LogP contribution in [0.25, 0.3) is 0 Å². The normalized spacial score (nSPS) is 12.0. The molecule has 0 aromatic heterocycles. The summed E-state index contributed by atoms with van der Waals surface area (Å²) < 4.78 is 0. The fourth-order valence-corrected chi connectivity index (χ4v) is 0.750. The van der Waals surface area contributed by atoms with Crippen LogP contribution in [0.15, 0.2) is 0 Å². The zero-order chi connectivity index (χ0) is 11.8. The van der Waals surface area contributed by atoms with Crippen molar-refractivity contribution in [2.24, 2.45) is 10.8 Å². The summed E-state index contributed by atoms with van der Waals surface area (Å²) in [5.74, 6) is 0. The van der Waals surface area contributed by atoms with E-state index in [0.717, 1.165) is 0 Å². The molecule has 0 saturated carbocycles. The smallest absolute Gasteiger partial charge is 0.0334 e. The predicted octanol–water partition coefficient (Wildman–Crippen LogP) is 5.67. The van der Waals surface area contributed by atoms with Gasteiger partial charge in [0.05, 0.1) is 0 Å². The van der Waals surface area contributed by atoms with Gasteiger partial charge < -0.3 is 0 Å². The molecule has 0 aromatic rings. The van der Waals surface area contributed by atoms with Gasteiger partial charge in [0.15, 0.2) is 0 Å². The molecule has 0 fully saturated rings. The van der Waals surface area contributed by atoms with E-state index in [2.05, 4.69) is 55.4 Å². The van der Waals surface area contributed by atoms with Crippen molar-refractivity contribution in [1.82, 2.24) is 0 Å². The average molecular weight is 200 g/mol. The first-order chi connectivity index (χ1) is 6.24. The van der Waals surface area contributed by atoms with Crippen LogP contribution in [-0.2, 0) is 0 Å². The van der Waals surface area contributed by atoms with Crippen LogP contribution in [0, 0.1) is 10.8 Å². The molecule has 88 valence electrons. The van der Waals surface area contributed by atoms with Gasteiger partial charge in [-0.15, -0.1) is 0 Å². The first kappa shape index (κ1) is 16.4. The molecule has 0 atom stereocenters. The molecule has 0 aliphatic rings. The molecule has 0 amide bonds. The molecule has 0 aliphatic carbocycles. The summed E-state index contributed by atoms with van der Waals surface area (Å²) in [5, 5.41) is 0. The number of hydrogen-bond acceptors (Lipinski definition) is 0. The lowest BCUT2D eigenvalue weighted by atomic mass is 9.82. The Kier molecular flexibility index (Phi) is 8.58. The molecule has 0 saturated heterocycles. The second kappa shape index (κ2) is 7.31. The second-order valence-corrected chi connectivity index (χ2v) is 5.79. The minimum atomic E-state index is 0.542. The van der Waals surface area contributed by atoms with Crippen molar-refractivity contribution in [2.45, 2.75) is 81.1 Å². The van der Waals surface area contributed by atoms with Gasteiger partial charge in [-0.3, -0.25) is 0 Å². The van der Waals surface area contributed by atoms with E-state index in [0.29, 0.717) is 10.8 Å². The monoisotopic (exact) mass is 200 g/mol. The Balaban J connectivity index is 0. The van der Waals surface area contributed by atoms with E-state index < -0.39 is 0 Å². The number of hydrogen-bond donors (Lipinski definition) is 0. The van der Waals surface area contributed by atoms with Gasteiger partial charge in [-0.2, -0.15) is 0 Å². The molecule has 0 heteroatoms. The van der Waals surface area contributed by atoms with Gasteiger partial charge in [0.2, 0.25) is 0 Å². The maximum absolute atomic E-state index is 2.35. The Hall–Kier alpha value is 0. The predicted molar refractivity (Wildman–Crippen MR) is 68.7 cm³/mol. The topological polar surface area (TPSA) is 0 Å². The van der Waals surface area contributed by atoms with Gasteiger partial charge in [-0.1, -0.05) is 81.1 Å². The molecule has 0 N–H and O–H groups in total. The Bertz CT molecular complexity index is 104. The molecule has 0 aromatic carbocycles. The van der Waals surface area contributed by atoms with Crippen molar-refractivity contribution >= 4 is 0 Å². The van der Waals surface area contributed by atoms with E-state index in [9.17, 15) is 0 Å². The van der Waals surface area contributed by atoms with E-state index in [4.69, 9.17) is 0 Å². The van der Waals surface area contributed by atoms with Crippen molar-refractivity contribution in [3.05, 3.63) is 0 Å². The van der Waals surface area contributed by atoms with Crippen molar-refractivity contribution < 1.29 is 0 Å². The third-order valence-corrected chi connectivity index (χ3v) is 3.62. The van der Waals surface area contributed by atoms with Gasteiger partial charge in [0.25, 0.3) is 0 Å². The first-order valence-electron chi connectivity index (χ1n) is 6.24. The molecule has 0 unspecified atom stereocenters. The van der Waals surface area contributed by atoms with Crippen LogP contribution in [0.3, 0.4) is 0 Å². The maximum Gasteiger partial charge on any atom is -0.0334 e. The van der Waals surface area contributed by atoms with Crippen LogP contribution < -0.4 is 0 Å². The van der Waals surface area contributed by atoms with E-state index >= 15 is 0 Å². The molecule has 0 spiro atoms. The lowest BCUT2D eigenvalue weighted by molar-refractivity contribution is 0.286. The third-order valence-electron chi connectivity index (χ3n) is 3.62. The summed E-state index contributed by atoms with van der Waals surface area (Å²) in [6, 6.07) is 0. The van der Waals surface area contributed by atoms with Gasteiger partial charge in [0.1, 0.15) is 0 Å². The molecule has 14 heavy (non-hydrogen) atoms. The zero-order valence-electron chi connectivity index (χ0n) is 11.8. The molecular weight excluding hydrogens is 168 g/mol. The average Bonchev–Trinajstić information content (AvgIpc) is 2.16. The number of rotatable bonds is 3. The zero-order valence-corrected chi connectivity index (χ0v) is 11.8. The van der Waals surface area contributed by atoms with Gasteiger partial charge in [0, 0.05) is 0 Å². The summed E-state index contributed by atoms with van der Waals surface area (Å²) in [5.41, 5.74) is 1.17. The Morgan fingerprint density at radius 3 is 0.786 bits per heavy atom. The van der Waals surface area contributed by atoms with Crippen LogP contribution >= 0.6 is 0 Å². The largest absolute Gasteiger partial charge is 0.0649 e. The summed E-state index contributed by atoms with van der Waals surface area (Å²) >= 11 is 0. The van der Waals surface area contributed by atoms with Crippen LogP contribution in [0.1, 0.15) is 81.1 Å². The van der Waals surface area contributed by atoms with Gasteiger partial charge >= 0.3 is 0 Å². The summed E-state index contributed by atoms with van der Waals surface area (Å²) in [6.45, 7) is 18.1. The van der Waals surface area contributed by atoms with Gasteiger partial charge in [-0.05, 0) is 10.8 Å². The molecule has 0 radical (unpaired) electrons. The highest BCUT2D eigenvalue weighted by Gasteiger charge is 2.15. The summed E-state index contributed by atoms with van der Waals surface area (Å²) in [4.78, 5) is 0. The molecule has 0 bridgehead atoms. The fraction of sp³-hybridized carbons (Fsp3) is 1.00. The molecule has 0 aliphatic heterocycles. The van der Waals surface area contributed by atoms with Crippen molar-refractivity contribution in [1.29, 1.82) is 0 Å². The maximum atomic E-state index is 2.35. The second-order valence-electron chi connectivity index (χ2n) is 5.79. The van der Waals surface area contributed by atoms with Crippen molar-refractivity contribution in [3.63, 3.8) is 0 Å². The Morgan fingerprint density at radius 2 is 0.786 bits per heavy atom. The standard InChI is InChI=1S/C8H18.C6H14/c1-5-8(4,6-2)7-3;1-5-6(2,3)4/h5-7H2,1-4H3;5H2,1-4H3. The highest BCUT2D eigenvalue weighted by molar-refractivity contribution is 4.67. The Morgan fingerprint density at radius 1 is 0.571 bits per heavy atom. The molecular formula is C14H32. The first-order valence-corrected chi connectivity index (χ1v) is 6.24. The van der Waals surface area contributed by atoms with Crippen LogP contribution in [-0.4, -0.2) is 0 Å². The minimum Gasteiger partial charge on any atom is -0.0649 e. The molecule has 0 rings (SSSR count). The van der Waals surface area contributed by atoms with Crippen molar-refractivity contribution in [2.75, 3.05) is 0 Å². The molecule has 0 nitrogen and oxygen atoms in total. The minimum absolute atomic E-state index is 0.542. The summed E-state index contributed by atoms with van der Waals surface area (Å²) in [6.07, 6.45) is 5.23. The Labute approximate surface area is 92.5 Å².